The van der Waals surface area contributed by atoms with Crippen LogP contribution in [0.2, 0.25) is 0 Å². The van der Waals surface area contributed by atoms with Crippen LogP contribution in [0, 0.1) is 0 Å². The summed E-state index contributed by atoms with van der Waals surface area (Å²) in [4.78, 5) is 2.64. The van der Waals surface area contributed by atoms with Crippen LogP contribution in [-0.2, 0) is 6.42 Å². The van der Waals surface area contributed by atoms with Crippen molar-refractivity contribution in [1.82, 2.24) is 0 Å². The van der Waals surface area contributed by atoms with E-state index >= 15 is 0 Å². The number of anilines is 1. The van der Waals surface area contributed by atoms with E-state index in [1.807, 2.05) is 0 Å². The second kappa shape index (κ2) is 6.07. The molecule has 0 saturated heterocycles. The van der Waals surface area contributed by atoms with Gasteiger partial charge in [0, 0.05) is 30.6 Å². The van der Waals surface area contributed by atoms with Crippen molar-refractivity contribution in [3.8, 4) is 0 Å². The molecule has 0 fully saturated rings. The lowest BCUT2D eigenvalue weighted by Gasteiger charge is -2.45. The van der Waals surface area contributed by atoms with Crippen LogP contribution in [0.15, 0.2) is 78.9 Å². The Morgan fingerprint density at radius 2 is 1.44 bits per heavy atom. The van der Waals surface area contributed by atoms with E-state index in [1.165, 1.54) is 47.3 Å². The van der Waals surface area contributed by atoms with Crippen molar-refractivity contribution >= 4 is 5.69 Å². The summed E-state index contributed by atoms with van der Waals surface area (Å²) >= 11 is 0. The fraction of sp³-hybridized carbons (Fsp3) is 0.250. The minimum atomic E-state index is 0.438. The van der Waals surface area contributed by atoms with Crippen molar-refractivity contribution in [2.75, 3.05) is 18.0 Å². The van der Waals surface area contributed by atoms with Crippen LogP contribution < -0.4 is 4.90 Å². The van der Waals surface area contributed by atoms with Gasteiger partial charge in [-0.3, -0.25) is 0 Å². The molecule has 3 aromatic rings. The summed E-state index contributed by atoms with van der Waals surface area (Å²) in [7, 11) is 0. The molecule has 0 radical (unpaired) electrons. The molecule has 0 N–H and O–H groups in total. The molecule has 2 atom stereocenters. The summed E-state index contributed by atoms with van der Waals surface area (Å²) in [6.07, 6.45) is 2.49. The third kappa shape index (κ3) is 2.46. The van der Waals surface area contributed by atoms with E-state index in [-0.39, 0.29) is 0 Å². The summed E-state index contributed by atoms with van der Waals surface area (Å²) in [6.45, 7) is 2.31. The number of benzene rings is 3. The van der Waals surface area contributed by atoms with Crippen molar-refractivity contribution in [2.45, 2.75) is 24.7 Å². The van der Waals surface area contributed by atoms with Gasteiger partial charge in [-0.1, -0.05) is 78.9 Å². The van der Waals surface area contributed by atoms with E-state index in [0.29, 0.717) is 11.8 Å². The lowest BCUT2D eigenvalue weighted by Crippen LogP contribution is -2.40. The summed E-state index contributed by atoms with van der Waals surface area (Å²) in [5.74, 6) is 0.942. The highest BCUT2D eigenvalue weighted by atomic mass is 15.1. The summed E-state index contributed by atoms with van der Waals surface area (Å²) < 4.78 is 0. The Labute approximate surface area is 149 Å². The van der Waals surface area contributed by atoms with Crippen LogP contribution >= 0.6 is 0 Å². The van der Waals surface area contributed by atoms with E-state index in [9.17, 15) is 0 Å². The lowest BCUT2D eigenvalue weighted by atomic mass is 9.72. The molecule has 0 bridgehead atoms. The number of nitrogens with zero attached hydrogens (tertiary/aromatic N) is 1. The predicted octanol–water partition coefficient (Wildman–Crippen LogP) is 5.37. The van der Waals surface area contributed by atoms with Gasteiger partial charge in [0.25, 0.3) is 0 Å². The van der Waals surface area contributed by atoms with Gasteiger partial charge in [0.1, 0.15) is 0 Å². The number of rotatable bonds is 2. The standard InChI is InChI=1S/C24H23N/c1-3-9-18(10-4-1)22-17-25-16-8-14-20-13-7-15-21(24(20)25)23(22)19-11-5-2-6-12-19/h1-7,9-13,15,22-23H,8,14,16-17H2/t22-,23+/m1/s1. The van der Waals surface area contributed by atoms with Gasteiger partial charge in [-0.15, -0.1) is 0 Å². The molecule has 0 saturated carbocycles. The molecule has 25 heavy (non-hydrogen) atoms. The molecule has 0 amide bonds. The molecule has 3 aromatic carbocycles. The highest BCUT2D eigenvalue weighted by molar-refractivity contribution is 5.67. The van der Waals surface area contributed by atoms with Crippen LogP contribution in [0.4, 0.5) is 5.69 Å². The molecule has 2 heterocycles. The van der Waals surface area contributed by atoms with Gasteiger partial charge in [0.2, 0.25) is 0 Å². The Hall–Kier alpha value is -2.54. The predicted molar refractivity (Wildman–Crippen MR) is 104 cm³/mol. The van der Waals surface area contributed by atoms with Crippen molar-refractivity contribution in [2.24, 2.45) is 0 Å². The second-order valence-electron chi connectivity index (χ2n) is 7.31. The van der Waals surface area contributed by atoms with E-state index in [1.54, 1.807) is 0 Å². The molecule has 0 unspecified atom stereocenters. The molecule has 0 aromatic heterocycles. The van der Waals surface area contributed by atoms with Crippen LogP contribution in [0.3, 0.4) is 0 Å². The molecule has 124 valence electrons. The first-order valence-corrected chi connectivity index (χ1v) is 9.38. The van der Waals surface area contributed by atoms with Crippen molar-refractivity contribution < 1.29 is 0 Å². The van der Waals surface area contributed by atoms with Crippen LogP contribution in [-0.4, -0.2) is 13.1 Å². The Bertz CT molecular complexity index is 869. The van der Waals surface area contributed by atoms with Crippen LogP contribution in [0.1, 0.15) is 40.5 Å². The number of aryl methyl sites for hydroxylation is 1. The Morgan fingerprint density at radius 1 is 0.720 bits per heavy atom. The molecular weight excluding hydrogens is 302 g/mol. The monoisotopic (exact) mass is 325 g/mol. The molecule has 2 aliphatic rings. The smallest absolute Gasteiger partial charge is 0.0438 e. The number of hydrogen-bond donors (Lipinski definition) is 0. The number of para-hydroxylation sites is 1. The summed E-state index contributed by atoms with van der Waals surface area (Å²) in [6, 6.07) is 29.1. The Balaban J connectivity index is 1.72. The van der Waals surface area contributed by atoms with E-state index in [4.69, 9.17) is 0 Å². The molecular formula is C24H23N. The quantitative estimate of drug-likeness (QED) is 0.612. The molecule has 0 aliphatic carbocycles. The molecule has 1 heteroatoms. The zero-order chi connectivity index (χ0) is 16.6. The molecule has 1 nitrogen and oxygen atoms in total. The maximum absolute atomic E-state index is 2.64. The molecule has 2 aliphatic heterocycles. The molecule has 0 spiro atoms. The van der Waals surface area contributed by atoms with Crippen LogP contribution in [0.5, 0.6) is 0 Å². The maximum Gasteiger partial charge on any atom is 0.0438 e. The summed E-state index contributed by atoms with van der Waals surface area (Å²) in [5.41, 5.74) is 7.47. The van der Waals surface area contributed by atoms with Gasteiger partial charge in [-0.25, -0.2) is 0 Å². The Kier molecular flexibility index (Phi) is 3.59. The van der Waals surface area contributed by atoms with Gasteiger partial charge in [-0.2, -0.15) is 0 Å². The zero-order valence-electron chi connectivity index (χ0n) is 14.4. The minimum Gasteiger partial charge on any atom is -0.370 e. The van der Waals surface area contributed by atoms with Gasteiger partial charge in [0.05, 0.1) is 0 Å². The average molecular weight is 325 g/mol. The van der Waals surface area contributed by atoms with Gasteiger partial charge in [0.15, 0.2) is 0 Å². The van der Waals surface area contributed by atoms with E-state index in [2.05, 4.69) is 83.8 Å². The average Bonchev–Trinajstić information content (AvgIpc) is 2.69. The van der Waals surface area contributed by atoms with Gasteiger partial charge < -0.3 is 4.90 Å². The first kappa shape index (κ1) is 14.8. The Morgan fingerprint density at radius 3 is 2.20 bits per heavy atom. The largest absolute Gasteiger partial charge is 0.370 e. The topological polar surface area (TPSA) is 3.24 Å². The third-order valence-electron chi connectivity index (χ3n) is 5.88. The summed E-state index contributed by atoms with van der Waals surface area (Å²) in [5, 5.41) is 0. The first-order chi connectivity index (χ1) is 12.4. The van der Waals surface area contributed by atoms with E-state index in [0.717, 1.165) is 6.54 Å². The molecule has 5 rings (SSSR count). The first-order valence-electron chi connectivity index (χ1n) is 9.38. The maximum atomic E-state index is 2.64. The third-order valence-corrected chi connectivity index (χ3v) is 5.88. The SMILES string of the molecule is c1ccc([C@H]2c3cccc4c3N(CCC4)C[C@@H]2c2ccccc2)cc1. The van der Waals surface area contributed by atoms with Crippen molar-refractivity contribution in [1.29, 1.82) is 0 Å². The van der Waals surface area contributed by atoms with Gasteiger partial charge >= 0.3 is 0 Å². The van der Waals surface area contributed by atoms with E-state index < -0.39 is 0 Å². The van der Waals surface area contributed by atoms with Crippen molar-refractivity contribution in [3.63, 3.8) is 0 Å². The second-order valence-corrected chi connectivity index (χ2v) is 7.31. The number of hydrogen-bond acceptors (Lipinski definition) is 1. The highest BCUT2D eigenvalue weighted by Gasteiger charge is 2.37. The van der Waals surface area contributed by atoms with Crippen molar-refractivity contribution in [3.05, 3.63) is 101 Å². The lowest BCUT2D eigenvalue weighted by molar-refractivity contribution is 0.531. The fourth-order valence-electron chi connectivity index (χ4n) is 4.83. The highest BCUT2D eigenvalue weighted by Crippen LogP contribution is 2.49. The minimum absolute atomic E-state index is 0.438. The normalized spacial score (nSPS) is 21.7. The zero-order valence-corrected chi connectivity index (χ0v) is 14.4. The van der Waals surface area contributed by atoms with Gasteiger partial charge in [-0.05, 0) is 35.1 Å². The fourth-order valence-corrected chi connectivity index (χ4v) is 4.83. The van der Waals surface area contributed by atoms with Crippen LogP contribution in [0.25, 0.3) is 0 Å².